The monoisotopic (exact) mass is 461 g/mol. The molecule has 0 spiro atoms. The Bertz CT molecular complexity index is 1000. The zero-order chi connectivity index (χ0) is 20.9. The van der Waals surface area contributed by atoms with E-state index in [9.17, 15) is 4.79 Å². The van der Waals surface area contributed by atoms with Gasteiger partial charge >= 0.3 is 0 Å². The molecule has 1 fully saturated rings. The summed E-state index contributed by atoms with van der Waals surface area (Å²) in [7, 11) is 1.62. The minimum atomic E-state index is -0.0410. The molecule has 0 N–H and O–H groups in total. The maximum Gasteiger partial charge on any atom is 0.260 e. The molecular weight excluding hydrogens is 434 g/mol. The fourth-order valence-electron chi connectivity index (χ4n) is 3.53. The van der Waals surface area contributed by atoms with Crippen LogP contribution in [-0.4, -0.2) is 62.3 Å². The molecule has 0 unspecified atom stereocenters. The summed E-state index contributed by atoms with van der Waals surface area (Å²) in [5.41, 5.74) is 2.84. The molecule has 0 aliphatic carbocycles. The van der Waals surface area contributed by atoms with Crippen LogP contribution in [0.1, 0.15) is 22.8 Å². The maximum atomic E-state index is 13.4. The topological polar surface area (TPSA) is 54.9 Å². The standard InChI is InChI=1S/C23H27N3O3S.ClH/c1-3-17-4-9-20-21(16-17)30-23(24-20)26(11-10-25-12-14-29-15-13-25)22(27)18-5-7-19(28-2)8-6-18;/h4-9,16H,3,10-15H2,1-2H3;1H. The highest BCUT2D eigenvalue weighted by Crippen LogP contribution is 2.31. The molecule has 4 rings (SSSR count). The number of hydrogen-bond donors (Lipinski definition) is 0. The Kier molecular flexibility index (Phi) is 8.26. The fraction of sp³-hybridized carbons (Fsp3) is 0.391. The van der Waals surface area contributed by atoms with Gasteiger partial charge in [-0.25, -0.2) is 4.98 Å². The highest BCUT2D eigenvalue weighted by Gasteiger charge is 2.23. The normalized spacial score (nSPS) is 14.3. The SMILES string of the molecule is CCc1ccc2nc(N(CCN3CCOCC3)C(=O)c3ccc(OC)cc3)sc2c1.Cl. The van der Waals surface area contributed by atoms with E-state index in [1.54, 1.807) is 18.4 Å². The number of amides is 1. The fourth-order valence-corrected chi connectivity index (χ4v) is 4.59. The number of fused-ring (bicyclic) bond motifs is 1. The number of carbonyl (C=O) groups excluding carboxylic acids is 1. The van der Waals surface area contributed by atoms with Gasteiger partial charge in [0.1, 0.15) is 5.75 Å². The Hall–Kier alpha value is -2.19. The molecule has 0 atom stereocenters. The molecule has 31 heavy (non-hydrogen) atoms. The minimum absolute atomic E-state index is 0. The molecule has 1 aromatic heterocycles. The smallest absolute Gasteiger partial charge is 0.260 e. The largest absolute Gasteiger partial charge is 0.497 e. The first-order valence-corrected chi connectivity index (χ1v) is 11.1. The van der Waals surface area contributed by atoms with Crippen LogP contribution < -0.4 is 9.64 Å². The van der Waals surface area contributed by atoms with Gasteiger partial charge in [-0.05, 0) is 48.4 Å². The van der Waals surface area contributed by atoms with Crippen molar-refractivity contribution in [2.75, 3.05) is 51.4 Å². The second-order valence-corrected chi connectivity index (χ2v) is 8.30. The van der Waals surface area contributed by atoms with Crippen LogP contribution in [0.4, 0.5) is 5.13 Å². The number of rotatable bonds is 7. The lowest BCUT2D eigenvalue weighted by molar-refractivity contribution is 0.0391. The highest BCUT2D eigenvalue weighted by atomic mass is 35.5. The number of halogens is 1. The van der Waals surface area contributed by atoms with E-state index < -0.39 is 0 Å². The van der Waals surface area contributed by atoms with Crippen molar-refractivity contribution in [3.05, 3.63) is 53.6 Å². The Morgan fingerprint density at radius 1 is 1.19 bits per heavy atom. The molecule has 166 valence electrons. The van der Waals surface area contributed by atoms with E-state index in [1.165, 1.54) is 5.56 Å². The van der Waals surface area contributed by atoms with Gasteiger partial charge in [-0.1, -0.05) is 24.3 Å². The molecule has 3 aromatic rings. The van der Waals surface area contributed by atoms with Crippen LogP contribution in [0, 0.1) is 0 Å². The van der Waals surface area contributed by atoms with Crippen molar-refractivity contribution >= 4 is 45.0 Å². The average molecular weight is 462 g/mol. The Morgan fingerprint density at radius 3 is 2.61 bits per heavy atom. The second kappa shape index (κ2) is 10.9. The number of nitrogens with zero attached hydrogens (tertiary/aromatic N) is 3. The third-order valence-electron chi connectivity index (χ3n) is 5.41. The van der Waals surface area contributed by atoms with Gasteiger partial charge in [-0.2, -0.15) is 0 Å². The molecule has 2 heterocycles. The summed E-state index contributed by atoms with van der Waals surface area (Å²) in [6.45, 7) is 6.80. The van der Waals surface area contributed by atoms with Gasteiger partial charge in [0, 0.05) is 31.7 Å². The number of methoxy groups -OCH3 is 1. The van der Waals surface area contributed by atoms with Crippen LogP contribution >= 0.6 is 23.7 Å². The van der Waals surface area contributed by atoms with Crippen LogP contribution in [0.25, 0.3) is 10.2 Å². The molecule has 1 aliphatic heterocycles. The molecular formula is C23H28ClN3O3S. The molecule has 1 saturated heterocycles. The predicted octanol–water partition coefficient (Wildman–Crippen LogP) is 4.27. The first-order chi connectivity index (χ1) is 14.7. The Labute approximate surface area is 193 Å². The lowest BCUT2D eigenvalue weighted by Gasteiger charge is -2.29. The number of carbonyl (C=O) groups is 1. The minimum Gasteiger partial charge on any atom is -0.497 e. The number of morpholine rings is 1. The van der Waals surface area contributed by atoms with Crippen LogP contribution in [0.15, 0.2) is 42.5 Å². The number of aromatic nitrogens is 1. The molecule has 2 aromatic carbocycles. The lowest BCUT2D eigenvalue weighted by Crippen LogP contribution is -2.43. The second-order valence-electron chi connectivity index (χ2n) is 7.29. The van der Waals surface area contributed by atoms with Gasteiger partial charge in [0.15, 0.2) is 5.13 Å². The van der Waals surface area contributed by atoms with Gasteiger partial charge in [0.25, 0.3) is 5.91 Å². The van der Waals surface area contributed by atoms with Crippen molar-refractivity contribution in [3.63, 3.8) is 0 Å². The highest BCUT2D eigenvalue weighted by molar-refractivity contribution is 7.22. The average Bonchev–Trinajstić information content (AvgIpc) is 3.22. The number of benzene rings is 2. The molecule has 6 nitrogen and oxygen atoms in total. The quantitative estimate of drug-likeness (QED) is 0.526. The molecule has 1 amide bonds. The maximum absolute atomic E-state index is 13.4. The Morgan fingerprint density at radius 2 is 1.94 bits per heavy atom. The van der Waals surface area contributed by atoms with E-state index in [2.05, 4.69) is 24.0 Å². The molecule has 0 radical (unpaired) electrons. The van der Waals surface area contributed by atoms with Crippen molar-refractivity contribution in [3.8, 4) is 5.75 Å². The zero-order valence-electron chi connectivity index (χ0n) is 17.9. The molecule has 8 heteroatoms. The summed E-state index contributed by atoms with van der Waals surface area (Å²) in [5.74, 6) is 0.694. The number of ether oxygens (including phenoxy) is 2. The third-order valence-corrected chi connectivity index (χ3v) is 6.45. The van der Waals surface area contributed by atoms with Crippen LogP contribution in [0.3, 0.4) is 0 Å². The van der Waals surface area contributed by atoms with Crippen LogP contribution in [-0.2, 0) is 11.2 Å². The van der Waals surface area contributed by atoms with Crippen LogP contribution in [0.5, 0.6) is 5.75 Å². The van der Waals surface area contributed by atoms with Gasteiger partial charge in [0.2, 0.25) is 0 Å². The summed E-state index contributed by atoms with van der Waals surface area (Å²) in [5, 5.41) is 0.743. The molecule has 0 bridgehead atoms. The van der Waals surface area contributed by atoms with E-state index in [0.717, 1.165) is 60.4 Å². The number of thiazole rings is 1. The number of aryl methyl sites for hydroxylation is 1. The van der Waals surface area contributed by atoms with Crippen molar-refractivity contribution in [2.45, 2.75) is 13.3 Å². The first kappa shape index (κ1) is 23.5. The van der Waals surface area contributed by atoms with Crippen molar-refractivity contribution in [1.29, 1.82) is 0 Å². The summed E-state index contributed by atoms with van der Waals surface area (Å²) >= 11 is 1.58. The summed E-state index contributed by atoms with van der Waals surface area (Å²) in [6.07, 6.45) is 0.981. The van der Waals surface area contributed by atoms with E-state index in [1.807, 2.05) is 35.2 Å². The van der Waals surface area contributed by atoms with Crippen LogP contribution in [0.2, 0.25) is 0 Å². The van der Waals surface area contributed by atoms with Crippen molar-refractivity contribution < 1.29 is 14.3 Å². The first-order valence-electron chi connectivity index (χ1n) is 10.3. The third kappa shape index (κ3) is 5.54. The Balaban J connectivity index is 0.00000272. The van der Waals surface area contributed by atoms with E-state index in [-0.39, 0.29) is 18.3 Å². The van der Waals surface area contributed by atoms with Crippen molar-refractivity contribution in [2.24, 2.45) is 0 Å². The molecule has 1 aliphatic rings. The van der Waals surface area contributed by atoms with E-state index in [4.69, 9.17) is 14.5 Å². The number of hydrogen-bond acceptors (Lipinski definition) is 6. The van der Waals surface area contributed by atoms with Crippen molar-refractivity contribution in [1.82, 2.24) is 9.88 Å². The zero-order valence-corrected chi connectivity index (χ0v) is 19.5. The van der Waals surface area contributed by atoms with Gasteiger partial charge < -0.3 is 9.47 Å². The molecule has 0 saturated carbocycles. The summed E-state index contributed by atoms with van der Waals surface area (Å²) < 4.78 is 11.8. The summed E-state index contributed by atoms with van der Waals surface area (Å²) in [4.78, 5) is 22.4. The van der Waals surface area contributed by atoms with E-state index >= 15 is 0 Å². The van der Waals surface area contributed by atoms with E-state index in [0.29, 0.717) is 12.1 Å². The van der Waals surface area contributed by atoms with Gasteiger partial charge in [-0.15, -0.1) is 12.4 Å². The summed E-state index contributed by atoms with van der Waals surface area (Å²) in [6, 6.07) is 13.6. The predicted molar refractivity (Wildman–Crippen MR) is 128 cm³/mol. The lowest BCUT2D eigenvalue weighted by atomic mass is 10.2. The van der Waals surface area contributed by atoms with Gasteiger partial charge in [-0.3, -0.25) is 14.6 Å². The van der Waals surface area contributed by atoms with Gasteiger partial charge in [0.05, 0.1) is 30.5 Å². The number of anilines is 1.